The molecule has 4 aromatic rings. The maximum absolute atomic E-state index is 13.4. The number of nitrogens with zero attached hydrogens (tertiary/aromatic N) is 1. The van der Waals surface area contributed by atoms with Gasteiger partial charge in [-0.05, 0) is 40.1 Å². The Labute approximate surface area is 209 Å². The Morgan fingerprint density at radius 3 is 2.56 bits per heavy atom. The summed E-state index contributed by atoms with van der Waals surface area (Å²) in [4.78, 5) is 43.0. The molecule has 5 rings (SSSR count). The van der Waals surface area contributed by atoms with Crippen molar-refractivity contribution >= 4 is 39.3 Å². The molecule has 2 heterocycles. The smallest absolute Gasteiger partial charge is 0.254 e. The van der Waals surface area contributed by atoms with E-state index in [4.69, 9.17) is 0 Å². The Kier molecular flexibility index (Phi) is 6.62. The van der Waals surface area contributed by atoms with Gasteiger partial charge in [-0.3, -0.25) is 19.4 Å². The second-order valence-electron chi connectivity index (χ2n) is 9.32. The summed E-state index contributed by atoms with van der Waals surface area (Å²) in [6, 6.07) is 21.0. The Morgan fingerprint density at radius 2 is 1.75 bits per heavy atom. The highest BCUT2D eigenvalue weighted by Gasteiger charge is 2.35. The van der Waals surface area contributed by atoms with Crippen LogP contribution in [0.4, 0.5) is 0 Å². The van der Waals surface area contributed by atoms with Gasteiger partial charge in [0.05, 0.1) is 11.6 Å². The lowest BCUT2D eigenvalue weighted by Crippen LogP contribution is -2.50. The van der Waals surface area contributed by atoms with Crippen molar-refractivity contribution in [1.82, 2.24) is 20.9 Å². The largest absolute Gasteiger partial charge is 0.355 e. The van der Waals surface area contributed by atoms with Crippen molar-refractivity contribution in [2.75, 3.05) is 13.1 Å². The third-order valence-corrected chi connectivity index (χ3v) is 6.91. The molecule has 7 nitrogen and oxygen atoms in total. The molecule has 1 saturated heterocycles. The monoisotopic (exact) mass is 480 g/mol. The summed E-state index contributed by atoms with van der Waals surface area (Å²) in [6.07, 6.45) is 4.04. The van der Waals surface area contributed by atoms with E-state index in [1.165, 1.54) is 0 Å². The summed E-state index contributed by atoms with van der Waals surface area (Å²) in [7, 11) is 0. The number of rotatable bonds is 6. The van der Waals surface area contributed by atoms with Crippen LogP contribution in [0, 0.1) is 11.8 Å². The fourth-order valence-electron chi connectivity index (χ4n) is 4.86. The van der Waals surface area contributed by atoms with Crippen molar-refractivity contribution in [3.05, 3.63) is 90.3 Å². The number of amides is 3. The van der Waals surface area contributed by atoms with Gasteiger partial charge in [-0.15, -0.1) is 0 Å². The molecule has 182 valence electrons. The number of benzene rings is 3. The molecular formula is C29H28N4O3. The molecule has 0 spiro atoms. The van der Waals surface area contributed by atoms with Gasteiger partial charge in [0.2, 0.25) is 11.8 Å². The van der Waals surface area contributed by atoms with Crippen LogP contribution in [0.25, 0.3) is 21.5 Å². The normalized spacial score (nSPS) is 18.4. The van der Waals surface area contributed by atoms with Crippen molar-refractivity contribution in [2.45, 2.75) is 19.4 Å². The van der Waals surface area contributed by atoms with E-state index in [0.717, 1.165) is 33.5 Å². The van der Waals surface area contributed by atoms with E-state index < -0.39 is 12.0 Å². The third-order valence-electron chi connectivity index (χ3n) is 6.91. The Hall–Kier alpha value is -4.26. The van der Waals surface area contributed by atoms with Crippen LogP contribution in [0.15, 0.2) is 79.1 Å². The molecule has 3 amide bonds. The van der Waals surface area contributed by atoms with Crippen molar-refractivity contribution in [2.24, 2.45) is 11.8 Å². The fraction of sp³-hybridized carbons (Fsp3) is 0.241. The summed E-state index contributed by atoms with van der Waals surface area (Å²) >= 11 is 0. The fourth-order valence-corrected chi connectivity index (χ4v) is 4.86. The lowest BCUT2D eigenvalue weighted by molar-refractivity contribution is -0.139. The minimum atomic E-state index is -0.742. The van der Waals surface area contributed by atoms with E-state index in [-0.39, 0.29) is 30.2 Å². The number of hydrogen-bond donors (Lipinski definition) is 3. The SMILES string of the molecule is CC1CCNC(=O)C1C(=O)NCC(NC(=O)c1cncc2ccccc12)c1ccc2ccccc2c1. The zero-order valence-corrected chi connectivity index (χ0v) is 20.0. The molecule has 1 aliphatic rings. The number of nitrogens with one attached hydrogen (secondary N) is 3. The number of hydrogen-bond acceptors (Lipinski definition) is 4. The lowest BCUT2D eigenvalue weighted by Gasteiger charge is -2.28. The van der Waals surface area contributed by atoms with E-state index in [1.54, 1.807) is 12.4 Å². The van der Waals surface area contributed by atoms with Gasteiger partial charge in [0.1, 0.15) is 5.92 Å². The van der Waals surface area contributed by atoms with Crippen LogP contribution in [-0.2, 0) is 9.59 Å². The second-order valence-corrected chi connectivity index (χ2v) is 9.32. The van der Waals surface area contributed by atoms with Crippen molar-refractivity contribution < 1.29 is 14.4 Å². The molecular weight excluding hydrogens is 452 g/mol. The summed E-state index contributed by atoms with van der Waals surface area (Å²) in [6.45, 7) is 2.65. The average molecular weight is 481 g/mol. The molecule has 0 aliphatic carbocycles. The first-order chi connectivity index (χ1) is 17.5. The van der Waals surface area contributed by atoms with Gasteiger partial charge in [0.15, 0.2) is 0 Å². The van der Waals surface area contributed by atoms with E-state index in [0.29, 0.717) is 12.1 Å². The number of fused-ring (bicyclic) bond motifs is 2. The minimum absolute atomic E-state index is 0.0470. The highest BCUT2D eigenvalue weighted by atomic mass is 16.2. The topological polar surface area (TPSA) is 100 Å². The molecule has 1 aromatic heterocycles. The summed E-state index contributed by atoms with van der Waals surface area (Å²) in [5.41, 5.74) is 1.32. The molecule has 0 saturated carbocycles. The van der Waals surface area contributed by atoms with E-state index in [9.17, 15) is 14.4 Å². The molecule has 0 radical (unpaired) electrons. The standard InChI is InChI=1S/C29H28N4O3/c1-18-12-13-31-28(35)26(18)29(36)32-17-25(21-11-10-19-6-2-3-7-20(19)14-21)33-27(34)24-16-30-15-22-8-4-5-9-23(22)24/h2-11,14-16,18,25-26H,12-13,17H2,1H3,(H,31,35)(H,32,36)(H,33,34). The van der Waals surface area contributed by atoms with Gasteiger partial charge in [0, 0.05) is 30.9 Å². The van der Waals surface area contributed by atoms with E-state index >= 15 is 0 Å². The quantitative estimate of drug-likeness (QED) is 0.366. The Balaban J connectivity index is 1.43. The van der Waals surface area contributed by atoms with Gasteiger partial charge in [-0.25, -0.2) is 0 Å². The minimum Gasteiger partial charge on any atom is -0.355 e. The first-order valence-corrected chi connectivity index (χ1v) is 12.2. The maximum atomic E-state index is 13.4. The molecule has 0 bridgehead atoms. The lowest BCUT2D eigenvalue weighted by atomic mass is 9.86. The number of pyridine rings is 1. The zero-order chi connectivity index (χ0) is 25.1. The predicted molar refractivity (Wildman–Crippen MR) is 139 cm³/mol. The summed E-state index contributed by atoms with van der Waals surface area (Å²) in [5, 5.41) is 12.6. The van der Waals surface area contributed by atoms with Crippen LogP contribution >= 0.6 is 0 Å². The summed E-state index contributed by atoms with van der Waals surface area (Å²) in [5.74, 6) is -1.65. The number of carbonyl (C=O) groups excluding carboxylic acids is 3. The van der Waals surface area contributed by atoms with Crippen LogP contribution in [0.5, 0.6) is 0 Å². The van der Waals surface area contributed by atoms with Crippen molar-refractivity contribution in [3.8, 4) is 0 Å². The zero-order valence-electron chi connectivity index (χ0n) is 20.0. The summed E-state index contributed by atoms with van der Waals surface area (Å²) < 4.78 is 0. The first-order valence-electron chi connectivity index (χ1n) is 12.2. The molecule has 36 heavy (non-hydrogen) atoms. The van der Waals surface area contributed by atoms with Gasteiger partial charge in [-0.2, -0.15) is 0 Å². The van der Waals surface area contributed by atoms with E-state index in [2.05, 4.69) is 20.9 Å². The van der Waals surface area contributed by atoms with Gasteiger partial charge in [-0.1, -0.05) is 67.6 Å². The molecule has 7 heteroatoms. The first kappa shape index (κ1) is 23.5. The Morgan fingerprint density at radius 1 is 1.00 bits per heavy atom. The third kappa shape index (κ3) is 4.77. The van der Waals surface area contributed by atoms with Crippen LogP contribution in [0.1, 0.15) is 35.3 Å². The molecule has 3 unspecified atom stereocenters. The second kappa shape index (κ2) is 10.2. The van der Waals surface area contributed by atoms with Crippen molar-refractivity contribution in [1.29, 1.82) is 0 Å². The molecule has 3 N–H and O–H groups in total. The highest BCUT2D eigenvalue weighted by Crippen LogP contribution is 2.24. The van der Waals surface area contributed by atoms with Crippen molar-refractivity contribution in [3.63, 3.8) is 0 Å². The van der Waals surface area contributed by atoms with Gasteiger partial charge >= 0.3 is 0 Å². The van der Waals surface area contributed by atoms with Crippen LogP contribution in [-0.4, -0.2) is 35.8 Å². The Bertz CT molecular complexity index is 1450. The van der Waals surface area contributed by atoms with E-state index in [1.807, 2.05) is 73.7 Å². The number of piperidine rings is 1. The van der Waals surface area contributed by atoms with Crippen LogP contribution in [0.2, 0.25) is 0 Å². The highest BCUT2D eigenvalue weighted by molar-refractivity contribution is 6.06. The van der Waals surface area contributed by atoms with Gasteiger partial charge < -0.3 is 16.0 Å². The number of aromatic nitrogens is 1. The molecule has 3 aromatic carbocycles. The number of carbonyl (C=O) groups is 3. The van der Waals surface area contributed by atoms with Crippen LogP contribution < -0.4 is 16.0 Å². The van der Waals surface area contributed by atoms with Crippen LogP contribution in [0.3, 0.4) is 0 Å². The molecule has 1 aliphatic heterocycles. The maximum Gasteiger partial charge on any atom is 0.254 e. The van der Waals surface area contributed by atoms with Gasteiger partial charge in [0.25, 0.3) is 5.91 Å². The molecule has 1 fully saturated rings. The predicted octanol–water partition coefficient (Wildman–Crippen LogP) is 3.75. The molecule has 3 atom stereocenters. The average Bonchev–Trinajstić information content (AvgIpc) is 2.90.